The maximum Gasteiger partial charge on any atom is 0.330 e. The van der Waals surface area contributed by atoms with Gasteiger partial charge in [0.15, 0.2) is 11.2 Å². The van der Waals surface area contributed by atoms with Crippen molar-refractivity contribution in [1.82, 2.24) is 24.0 Å². The molecule has 1 aliphatic carbocycles. The highest BCUT2D eigenvalue weighted by Gasteiger charge is 2.35. The van der Waals surface area contributed by atoms with Crippen LogP contribution in [0.15, 0.2) is 4.79 Å². The van der Waals surface area contributed by atoms with E-state index in [-0.39, 0.29) is 29.2 Å². The van der Waals surface area contributed by atoms with Gasteiger partial charge in [0, 0.05) is 26.2 Å². The molecule has 2 atom stereocenters. The van der Waals surface area contributed by atoms with Crippen LogP contribution < -0.4 is 10.4 Å². The SMILES string of the molecule is COC1CC(n2c(=O)n(C)c3c(O[C@@H](C)[C@@H]4CCCN4C)nc(Cl)nc32)C1. The molecule has 2 aromatic heterocycles. The topological polar surface area (TPSA) is 74.4 Å². The number of likely N-dealkylation sites (tertiary alicyclic amines) is 1. The van der Waals surface area contributed by atoms with E-state index >= 15 is 0 Å². The predicted molar refractivity (Wildman–Crippen MR) is 103 cm³/mol. The summed E-state index contributed by atoms with van der Waals surface area (Å²) in [7, 11) is 5.53. The van der Waals surface area contributed by atoms with E-state index in [2.05, 4.69) is 21.9 Å². The first kappa shape index (κ1) is 18.7. The van der Waals surface area contributed by atoms with Crippen LogP contribution in [0.4, 0.5) is 0 Å². The van der Waals surface area contributed by atoms with Gasteiger partial charge in [0.25, 0.3) is 0 Å². The molecule has 4 rings (SSSR count). The maximum absolute atomic E-state index is 12.9. The Morgan fingerprint density at radius 2 is 2.00 bits per heavy atom. The van der Waals surface area contributed by atoms with Crippen LogP contribution in [0.3, 0.4) is 0 Å². The van der Waals surface area contributed by atoms with Crippen LogP contribution >= 0.6 is 11.6 Å². The van der Waals surface area contributed by atoms with E-state index in [1.54, 1.807) is 23.3 Å². The second-order valence-corrected chi connectivity index (χ2v) is 8.02. The molecule has 1 saturated carbocycles. The molecule has 27 heavy (non-hydrogen) atoms. The molecule has 9 heteroatoms. The molecule has 1 aliphatic heterocycles. The number of aromatic nitrogens is 4. The van der Waals surface area contributed by atoms with E-state index in [1.165, 1.54) is 0 Å². The van der Waals surface area contributed by atoms with Gasteiger partial charge in [-0.25, -0.2) is 4.79 Å². The minimum Gasteiger partial charge on any atom is -0.471 e. The summed E-state index contributed by atoms with van der Waals surface area (Å²) in [4.78, 5) is 23.8. The largest absolute Gasteiger partial charge is 0.471 e. The van der Waals surface area contributed by atoms with Gasteiger partial charge in [-0.05, 0) is 57.8 Å². The van der Waals surface area contributed by atoms with Crippen molar-refractivity contribution >= 4 is 22.8 Å². The highest BCUT2D eigenvalue weighted by atomic mass is 35.5. The van der Waals surface area contributed by atoms with Crippen molar-refractivity contribution in [3.05, 3.63) is 15.8 Å². The quantitative estimate of drug-likeness (QED) is 0.721. The third-order valence-corrected chi connectivity index (χ3v) is 6.22. The first-order valence-electron chi connectivity index (χ1n) is 9.44. The van der Waals surface area contributed by atoms with Crippen molar-refractivity contribution in [2.24, 2.45) is 7.05 Å². The highest BCUT2D eigenvalue weighted by Crippen LogP contribution is 2.36. The van der Waals surface area contributed by atoms with Gasteiger partial charge in [0.1, 0.15) is 6.10 Å². The molecule has 8 nitrogen and oxygen atoms in total. The summed E-state index contributed by atoms with van der Waals surface area (Å²) in [5, 5.41) is 0.0893. The van der Waals surface area contributed by atoms with E-state index < -0.39 is 0 Å². The second-order valence-electron chi connectivity index (χ2n) is 7.68. The number of fused-ring (bicyclic) bond motifs is 1. The Hall–Kier alpha value is -1.64. The molecule has 0 radical (unpaired) electrons. The second kappa shape index (κ2) is 7.07. The first-order valence-corrected chi connectivity index (χ1v) is 9.82. The summed E-state index contributed by atoms with van der Waals surface area (Å²) in [6.45, 7) is 3.11. The zero-order chi connectivity index (χ0) is 19.3. The molecule has 3 heterocycles. The lowest BCUT2D eigenvalue weighted by molar-refractivity contribution is 0.00615. The van der Waals surface area contributed by atoms with Crippen LogP contribution in [0.5, 0.6) is 5.88 Å². The molecule has 0 spiro atoms. The number of halogens is 1. The normalized spacial score (nSPS) is 27.1. The van der Waals surface area contributed by atoms with Crippen LogP contribution in [0.2, 0.25) is 5.28 Å². The molecule has 0 bridgehead atoms. The third kappa shape index (κ3) is 3.13. The number of hydrogen-bond acceptors (Lipinski definition) is 6. The van der Waals surface area contributed by atoms with Crippen molar-refractivity contribution in [1.29, 1.82) is 0 Å². The van der Waals surface area contributed by atoms with Gasteiger partial charge in [-0.3, -0.25) is 14.0 Å². The number of nitrogens with zero attached hydrogens (tertiary/aromatic N) is 5. The van der Waals surface area contributed by atoms with Crippen molar-refractivity contribution in [3.63, 3.8) is 0 Å². The van der Waals surface area contributed by atoms with Crippen molar-refractivity contribution in [3.8, 4) is 5.88 Å². The van der Waals surface area contributed by atoms with Crippen LogP contribution in [0.1, 0.15) is 38.6 Å². The minimum absolute atomic E-state index is 0.0587. The Morgan fingerprint density at radius 1 is 1.26 bits per heavy atom. The number of rotatable bonds is 5. The standard InChI is InChI=1S/C18H26ClN5O3/c1-10(13-6-5-7-22(13)2)27-16-14-15(20-17(19)21-16)24(18(25)23(14)3)11-8-12(9-11)26-4/h10-13H,5-9H2,1-4H3/t10-,11?,12?,13-/m0/s1. The molecule has 2 aliphatic rings. The van der Waals surface area contributed by atoms with Crippen LogP contribution in [-0.2, 0) is 11.8 Å². The van der Waals surface area contributed by atoms with Gasteiger partial charge in [-0.2, -0.15) is 9.97 Å². The molecule has 148 valence electrons. The Bertz CT molecular complexity index is 905. The zero-order valence-corrected chi connectivity index (χ0v) is 16.9. The van der Waals surface area contributed by atoms with Crippen LogP contribution in [0.25, 0.3) is 11.2 Å². The fraction of sp³-hybridized carbons (Fsp3) is 0.722. The highest BCUT2D eigenvalue weighted by molar-refractivity contribution is 6.28. The van der Waals surface area contributed by atoms with E-state index in [0.717, 1.165) is 32.2 Å². The maximum atomic E-state index is 12.9. The number of aryl methyl sites for hydroxylation is 1. The zero-order valence-electron chi connectivity index (χ0n) is 16.2. The first-order chi connectivity index (χ1) is 12.9. The van der Waals surface area contributed by atoms with E-state index in [1.807, 2.05) is 6.92 Å². The van der Waals surface area contributed by atoms with Crippen molar-refractivity contribution < 1.29 is 9.47 Å². The van der Waals surface area contributed by atoms with Gasteiger partial charge in [0.2, 0.25) is 11.2 Å². The summed E-state index contributed by atoms with van der Waals surface area (Å²) in [5.41, 5.74) is 0.999. The Labute approximate surface area is 163 Å². The number of hydrogen-bond donors (Lipinski definition) is 0. The van der Waals surface area contributed by atoms with E-state index in [0.29, 0.717) is 23.1 Å². The van der Waals surface area contributed by atoms with Crippen molar-refractivity contribution in [2.75, 3.05) is 20.7 Å². The predicted octanol–water partition coefficient (Wildman–Crippen LogP) is 1.99. The number of methoxy groups -OCH3 is 1. The molecule has 2 fully saturated rings. The van der Waals surface area contributed by atoms with E-state index in [9.17, 15) is 4.79 Å². The lowest BCUT2D eigenvalue weighted by Crippen LogP contribution is -2.38. The van der Waals surface area contributed by atoms with Crippen molar-refractivity contribution in [2.45, 2.75) is 56.9 Å². The Balaban J connectivity index is 1.72. The lowest BCUT2D eigenvalue weighted by Gasteiger charge is -2.34. The summed E-state index contributed by atoms with van der Waals surface area (Å²) < 4.78 is 14.8. The van der Waals surface area contributed by atoms with Gasteiger partial charge in [0.05, 0.1) is 6.10 Å². The van der Waals surface area contributed by atoms with Gasteiger partial charge < -0.3 is 9.47 Å². The molecular formula is C18H26ClN5O3. The molecule has 0 unspecified atom stereocenters. The molecule has 0 aromatic carbocycles. The van der Waals surface area contributed by atoms with Crippen LogP contribution in [0, 0.1) is 0 Å². The Morgan fingerprint density at radius 3 is 2.63 bits per heavy atom. The summed E-state index contributed by atoms with van der Waals surface area (Å²) >= 11 is 6.19. The lowest BCUT2D eigenvalue weighted by atomic mass is 9.89. The third-order valence-electron chi connectivity index (χ3n) is 6.05. The van der Waals surface area contributed by atoms with E-state index in [4.69, 9.17) is 21.1 Å². The molecule has 0 N–H and O–H groups in total. The van der Waals surface area contributed by atoms with Gasteiger partial charge >= 0.3 is 5.69 Å². The molecule has 0 amide bonds. The molecule has 1 saturated heterocycles. The molecule has 2 aromatic rings. The fourth-order valence-corrected chi connectivity index (χ4v) is 4.50. The average Bonchev–Trinajstić information content (AvgIpc) is 3.11. The average molecular weight is 396 g/mol. The minimum atomic E-state index is -0.128. The summed E-state index contributed by atoms with van der Waals surface area (Å²) in [6.07, 6.45) is 3.94. The Kier molecular flexibility index (Phi) is 4.90. The summed E-state index contributed by atoms with van der Waals surface area (Å²) in [5.74, 6) is 0.374. The monoisotopic (exact) mass is 395 g/mol. The number of ether oxygens (including phenoxy) is 2. The summed E-state index contributed by atoms with van der Waals surface area (Å²) in [6, 6.07) is 0.380. The number of imidazole rings is 1. The fourth-order valence-electron chi connectivity index (χ4n) is 4.34. The van der Waals surface area contributed by atoms with Crippen LogP contribution in [-0.4, -0.2) is 63.0 Å². The number of likely N-dealkylation sites (N-methyl/N-ethyl adjacent to an activating group) is 1. The molecular weight excluding hydrogens is 370 g/mol. The van der Waals surface area contributed by atoms with Gasteiger partial charge in [-0.1, -0.05) is 0 Å². The smallest absolute Gasteiger partial charge is 0.330 e. The van der Waals surface area contributed by atoms with Gasteiger partial charge in [-0.15, -0.1) is 0 Å².